The van der Waals surface area contributed by atoms with Gasteiger partial charge in [-0.2, -0.15) is 0 Å². The standard InChI is InChI=1S/C10H6ClIN2O/c11-9-5-10(14-6-13-9)15-8-4-2-1-3-7(8)12/h1-6H. The first-order valence-electron chi connectivity index (χ1n) is 4.15. The Labute approximate surface area is 106 Å². The van der Waals surface area contributed by atoms with Crippen molar-refractivity contribution in [3.05, 3.63) is 45.4 Å². The topological polar surface area (TPSA) is 35.0 Å². The van der Waals surface area contributed by atoms with E-state index in [9.17, 15) is 0 Å². The number of hydrogen-bond acceptors (Lipinski definition) is 3. The maximum atomic E-state index is 5.72. The number of halogens is 2. The Balaban J connectivity index is 2.26. The molecule has 76 valence electrons. The van der Waals surface area contributed by atoms with Crippen molar-refractivity contribution < 1.29 is 4.74 Å². The molecule has 1 heterocycles. The maximum absolute atomic E-state index is 5.72. The van der Waals surface area contributed by atoms with E-state index in [0.29, 0.717) is 11.0 Å². The molecule has 0 saturated carbocycles. The van der Waals surface area contributed by atoms with E-state index in [1.54, 1.807) is 6.07 Å². The van der Waals surface area contributed by atoms with E-state index in [4.69, 9.17) is 16.3 Å². The second-order valence-electron chi connectivity index (χ2n) is 2.71. The molecule has 0 aliphatic rings. The molecule has 0 unspecified atom stereocenters. The summed E-state index contributed by atoms with van der Waals surface area (Å²) in [6.45, 7) is 0. The zero-order valence-corrected chi connectivity index (χ0v) is 10.4. The van der Waals surface area contributed by atoms with E-state index < -0.39 is 0 Å². The molecule has 2 aromatic rings. The van der Waals surface area contributed by atoms with Crippen LogP contribution >= 0.6 is 34.2 Å². The monoisotopic (exact) mass is 332 g/mol. The van der Waals surface area contributed by atoms with Crippen LogP contribution in [0.15, 0.2) is 36.7 Å². The van der Waals surface area contributed by atoms with Crippen LogP contribution in [0.3, 0.4) is 0 Å². The number of aromatic nitrogens is 2. The lowest BCUT2D eigenvalue weighted by molar-refractivity contribution is 0.458. The molecule has 0 radical (unpaired) electrons. The third kappa shape index (κ3) is 2.79. The molecule has 1 aromatic carbocycles. The lowest BCUT2D eigenvalue weighted by Gasteiger charge is -2.05. The van der Waals surface area contributed by atoms with Crippen LogP contribution in [-0.4, -0.2) is 9.97 Å². The van der Waals surface area contributed by atoms with E-state index in [2.05, 4.69) is 32.6 Å². The van der Waals surface area contributed by atoms with Gasteiger partial charge in [-0.3, -0.25) is 0 Å². The number of hydrogen-bond donors (Lipinski definition) is 0. The Morgan fingerprint density at radius 1 is 1.20 bits per heavy atom. The van der Waals surface area contributed by atoms with Crippen LogP contribution < -0.4 is 4.74 Å². The maximum Gasteiger partial charge on any atom is 0.223 e. The molecule has 0 aliphatic heterocycles. The van der Waals surface area contributed by atoms with Gasteiger partial charge in [0.15, 0.2) is 0 Å². The number of benzene rings is 1. The first-order valence-corrected chi connectivity index (χ1v) is 5.61. The van der Waals surface area contributed by atoms with Gasteiger partial charge < -0.3 is 4.74 Å². The molecular weight excluding hydrogens is 326 g/mol. The van der Waals surface area contributed by atoms with Crippen LogP contribution in [0.25, 0.3) is 0 Å². The summed E-state index contributed by atoms with van der Waals surface area (Å²) >= 11 is 7.91. The van der Waals surface area contributed by atoms with Gasteiger partial charge in [-0.05, 0) is 34.7 Å². The molecule has 0 saturated heterocycles. The first kappa shape index (κ1) is 10.6. The van der Waals surface area contributed by atoms with Crippen molar-refractivity contribution in [3.8, 4) is 11.6 Å². The molecule has 0 aliphatic carbocycles. The van der Waals surface area contributed by atoms with Gasteiger partial charge in [0.1, 0.15) is 17.2 Å². The first-order chi connectivity index (χ1) is 7.25. The third-order valence-corrected chi connectivity index (χ3v) is 2.76. The smallest absolute Gasteiger partial charge is 0.223 e. The highest BCUT2D eigenvalue weighted by molar-refractivity contribution is 14.1. The van der Waals surface area contributed by atoms with E-state index in [-0.39, 0.29) is 0 Å². The quantitative estimate of drug-likeness (QED) is 0.623. The predicted octanol–water partition coefficient (Wildman–Crippen LogP) is 3.53. The largest absolute Gasteiger partial charge is 0.438 e. The van der Waals surface area contributed by atoms with Crippen molar-refractivity contribution in [3.63, 3.8) is 0 Å². The van der Waals surface area contributed by atoms with Gasteiger partial charge in [0, 0.05) is 6.07 Å². The average Bonchev–Trinajstić information content (AvgIpc) is 2.22. The van der Waals surface area contributed by atoms with Gasteiger partial charge in [0.2, 0.25) is 5.88 Å². The van der Waals surface area contributed by atoms with Crippen LogP contribution in [0.2, 0.25) is 5.15 Å². The molecule has 0 N–H and O–H groups in total. The minimum absolute atomic E-state index is 0.367. The molecule has 0 bridgehead atoms. The summed E-state index contributed by atoms with van der Waals surface area (Å²) in [5, 5.41) is 0.367. The fourth-order valence-electron chi connectivity index (χ4n) is 1.01. The fraction of sp³-hybridized carbons (Fsp3) is 0. The normalized spacial score (nSPS) is 10.0. The highest BCUT2D eigenvalue weighted by Gasteiger charge is 2.02. The molecular formula is C10H6ClIN2O. The Hall–Kier alpha value is -0.880. The van der Waals surface area contributed by atoms with E-state index >= 15 is 0 Å². The zero-order chi connectivity index (χ0) is 10.7. The summed E-state index contributed by atoms with van der Waals surface area (Å²) in [6.07, 6.45) is 1.37. The van der Waals surface area contributed by atoms with Gasteiger partial charge >= 0.3 is 0 Å². The van der Waals surface area contributed by atoms with Crippen LogP contribution in [0.1, 0.15) is 0 Å². The summed E-state index contributed by atoms with van der Waals surface area (Å²) in [5.41, 5.74) is 0. The second-order valence-corrected chi connectivity index (χ2v) is 4.26. The van der Waals surface area contributed by atoms with Gasteiger partial charge in [0.25, 0.3) is 0 Å². The zero-order valence-electron chi connectivity index (χ0n) is 7.52. The molecule has 0 spiro atoms. The molecule has 3 nitrogen and oxygen atoms in total. The number of nitrogens with zero attached hydrogens (tertiary/aromatic N) is 2. The van der Waals surface area contributed by atoms with Gasteiger partial charge in [-0.15, -0.1) is 0 Å². The Kier molecular flexibility index (Phi) is 3.37. The molecule has 1 aromatic heterocycles. The SMILES string of the molecule is Clc1cc(Oc2ccccc2I)ncn1. The number of ether oxygens (including phenoxy) is 1. The van der Waals surface area contributed by atoms with E-state index in [0.717, 1.165) is 9.32 Å². The molecule has 5 heteroatoms. The van der Waals surface area contributed by atoms with Crippen molar-refractivity contribution in [2.24, 2.45) is 0 Å². The van der Waals surface area contributed by atoms with Crippen LogP contribution in [-0.2, 0) is 0 Å². The lowest BCUT2D eigenvalue weighted by Crippen LogP contribution is -1.90. The number of para-hydroxylation sites is 1. The van der Waals surface area contributed by atoms with Crippen molar-refractivity contribution >= 4 is 34.2 Å². The Morgan fingerprint density at radius 2 is 2.00 bits per heavy atom. The van der Waals surface area contributed by atoms with Gasteiger partial charge in [-0.25, -0.2) is 9.97 Å². The number of rotatable bonds is 2. The highest BCUT2D eigenvalue weighted by Crippen LogP contribution is 2.25. The van der Waals surface area contributed by atoms with Crippen molar-refractivity contribution in [2.45, 2.75) is 0 Å². The lowest BCUT2D eigenvalue weighted by atomic mass is 10.3. The van der Waals surface area contributed by atoms with Crippen LogP contribution in [0.5, 0.6) is 11.6 Å². The second kappa shape index (κ2) is 4.76. The summed E-state index contributed by atoms with van der Waals surface area (Å²) in [4.78, 5) is 7.73. The van der Waals surface area contributed by atoms with Crippen molar-refractivity contribution in [1.82, 2.24) is 9.97 Å². The van der Waals surface area contributed by atoms with Gasteiger partial charge in [-0.1, -0.05) is 23.7 Å². The van der Waals surface area contributed by atoms with Crippen LogP contribution in [0, 0.1) is 3.57 Å². The molecule has 2 rings (SSSR count). The minimum Gasteiger partial charge on any atom is -0.438 e. The molecule has 0 amide bonds. The molecule has 15 heavy (non-hydrogen) atoms. The summed E-state index contributed by atoms with van der Waals surface area (Å²) < 4.78 is 6.57. The Morgan fingerprint density at radius 3 is 2.73 bits per heavy atom. The summed E-state index contributed by atoms with van der Waals surface area (Å²) in [6, 6.07) is 9.25. The fourth-order valence-corrected chi connectivity index (χ4v) is 1.65. The van der Waals surface area contributed by atoms with Gasteiger partial charge in [0.05, 0.1) is 3.57 Å². The van der Waals surface area contributed by atoms with E-state index in [1.807, 2.05) is 24.3 Å². The van der Waals surface area contributed by atoms with Crippen molar-refractivity contribution in [1.29, 1.82) is 0 Å². The minimum atomic E-state index is 0.367. The van der Waals surface area contributed by atoms with E-state index in [1.165, 1.54) is 6.33 Å². The van der Waals surface area contributed by atoms with Crippen molar-refractivity contribution in [2.75, 3.05) is 0 Å². The summed E-state index contributed by atoms with van der Waals surface area (Å²) in [7, 11) is 0. The summed E-state index contributed by atoms with van der Waals surface area (Å²) in [5.74, 6) is 1.20. The molecule has 0 atom stereocenters. The average molecular weight is 333 g/mol. The molecule has 0 fully saturated rings. The Bertz CT molecular complexity index is 478. The predicted molar refractivity (Wildman–Crippen MR) is 66.3 cm³/mol. The van der Waals surface area contributed by atoms with Crippen LogP contribution in [0.4, 0.5) is 0 Å². The third-order valence-electron chi connectivity index (χ3n) is 1.66. The highest BCUT2D eigenvalue weighted by atomic mass is 127.